The molecule has 0 bridgehead atoms. The molecule has 2 N–H and O–H groups in total. The molecule has 1 heterocycles. The molecule has 1 rings (SSSR count). The molecule has 104 valence electrons. The summed E-state index contributed by atoms with van der Waals surface area (Å²) in [6, 6.07) is 4.38. The summed E-state index contributed by atoms with van der Waals surface area (Å²) in [4.78, 5) is 1.27. The van der Waals surface area contributed by atoms with E-state index in [1.54, 1.807) is 18.4 Å². The van der Waals surface area contributed by atoms with Crippen LogP contribution in [0.15, 0.2) is 17.5 Å². The number of aliphatic hydroxyl groups excluding tert-OH is 1. The van der Waals surface area contributed by atoms with Crippen LogP contribution in [0.5, 0.6) is 0 Å². The van der Waals surface area contributed by atoms with E-state index in [1.165, 1.54) is 4.88 Å². The molecule has 0 aliphatic rings. The molecule has 0 saturated heterocycles. The quantitative estimate of drug-likeness (QED) is 0.720. The SMILES string of the molecule is COCC(C)OCC(O)CNC(C)c1cccs1. The second-order valence-electron chi connectivity index (χ2n) is 4.40. The van der Waals surface area contributed by atoms with Gasteiger partial charge >= 0.3 is 0 Å². The fraction of sp³-hybridized carbons (Fsp3) is 0.692. The van der Waals surface area contributed by atoms with Crippen LogP contribution in [0.2, 0.25) is 0 Å². The van der Waals surface area contributed by atoms with Gasteiger partial charge in [0, 0.05) is 24.6 Å². The number of thiophene rings is 1. The molecule has 0 spiro atoms. The highest BCUT2D eigenvalue weighted by Gasteiger charge is 2.11. The van der Waals surface area contributed by atoms with Crippen LogP contribution in [0.1, 0.15) is 24.8 Å². The minimum absolute atomic E-state index is 0.0133. The largest absolute Gasteiger partial charge is 0.389 e. The molecule has 0 fully saturated rings. The van der Waals surface area contributed by atoms with Crippen LogP contribution in [-0.2, 0) is 9.47 Å². The number of hydrogen-bond acceptors (Lipinski definition) is 5. The van der Waals surface area contributed by atoms with Crippen molar-refractivity contribution in [3.8, 4) is 0 Å². The maximum atomic E-state index is 9.79. The molecule has 0 saturated carbocycles. The van der Waals surface area contributed by atoms with Crippen LogP contribution < -0.4 is 5.32 Å². The van der Waals surface area contributed by atoms with E-state index in [1.807, 2.05) is 13.0 Å². The molecule has 18 heavy (non-hydrogen) atoms. The van der Waals surface area contributed by atoms with E-state index < -0.39 is 6.10 Å². The van der Waals surface area contributed by atoms with Gasteiger partial charge in [-0.15, -0.1) is 11.3 Å². The Morgan fingerprint density at radius 1 is 1.39 bits per heavy atom. The van der Waals surface area contributed by atoms with Crippen molar-refractivity contribution in [2.45, 2.75) is 32.1 Å². The zero-order valence-electron chi connectivity index (χ0n) is 11.3. The lowest BCUT2D eigenvalue weighted by Crippen LogP contribution is -2.33. The van der Waals surface area contributed by atoms with Crippen LogP contribution >= 0.6 is 11.3 Å². The minimum atomic E-state index is -0.494. The Morgan fingerprint density at radius 2 is 2.17 bits per heavy atom. The topological polar surface area (TPSA) is 50.7 Å². The summed E-state index contributed by atoms with van der Waals surface area (Å²) in [5.41, 5.74) is 0. The first-order valence-electron chi connectivity index (χ1n) is 6.19. The van der Waals surface area contributed by atoms with Crippen molar-refractivity contribution in [1.29, 1.82) is 0 Å². The average molecular weight is 273 g/mol. The molecule has 5 heteroatoms. The third kappa shape index (κ3) is 5.93. The van der Waals surface area contributed by atoms with Crippen LogP contribution in [0.4, 0.5) is 0 Å². The Balaban J connectivity index is 2.15. The van der Waals surface area contributed by atoms with E-state index in [0.29, 0.717) is 19.8 Å². The molecule has 4 nitrogen and oxygen atoms in total. The first-order chi connectivity index (χ1) is 8.63. The molecule has 0 amide bonds. The minimum Gasteiger partial charge on any atom is -0.389 e. The molecule has 0 aliphatic carbocycles. The number of aliphatic hydroxyl groups is 1. The third-order valence-corrected chi connectivity index (χ3v) is 3.66. The Labute approximate surface area is 113 Å². The van der Waals surface area contributed by atoms with Gasteiger partial charge in [0.1, 0.15) is 0 Å². The Bertz CT molecular complexity index is 305. The summed E-state index contributed by atoms with van der Waals surface area (Å²) in [6.45, 7) is 5.42. The lowest BCUT2D eigenvalue weighted by atomic mass is 10.2. The van der Waals surface area contributed by atoms with Crippen molar-refractivity contribution >= 4 is 11.3 Å². The lowest BCUT2D eigenvalue weighted by Gasteiger charge is -2.18. The number of nitrogens with one attached hydrogen (secondary N) is 1. The number of ether oxygens (including phenoxy) is 2. The molecule has 1 aromatic heterocycles. The maximum Gasteiger partial charge on any atom is 0.0898 e. The summed E-state index contributed by atoms with van der Waals surface area (Å²) in [5, 5.41) is 15.1. The highest BCUT2D eigenvalue weighted by molar-refractivity contribution is 7.10. The smallest absolute Gasteiger partial charge is 0.0898 e. The zero-order valence-corrected chi connectivity index (χ0v) is 12.1. The van der Waals surface area contributed by atoms with E-state index in [4.69, 9.17) is 9.47 Å². The van der Waals surface area contributed by atoms with Gasteiger partial charge in [-0.2, -0.15) is 0 Å². The van der Waals surface area contributed by atoms with Gasteiger partial charge < -0.3 is 19.9 Å². The second kappa shape index (κ2) is 8.61. The molecular weight excluding hydrogens is 250 g/mol. The molecule has 0 radical (unpaired) electrons. The second-order valence-corrected chi connectivity index (χ2v) is 5.38. The number of hydrogen-bond donors (Lipinski definition) is 2. The first kappa shape index (κ1) is 15.6. The molecule has 0 aliphatic heterocycles. The highest BCUT2D eigenvalue weighted by Crippen LogP contribution is 2.17. The van der Waals surface area contributed by atoms with E-state index >= 15 is 0 Å². The van der Waals surface area contributed by atoms with Gasteiger partial charge in [-0.1, -0.05) is 6.07 Å². The Hall–Kier alpha value is -0.460. The maximum absolute atomic E-state index is 9.79. The first-order valence-corrected chi connectivity index (χ1v) is 7.06. The van der Waals surface area contributed by atoms with Crippen molar-refractivity contribution in [2.24, 2.45) is 0 Å². The van der Waals surface area contributed by atoms with Crippen molar-refractivity contribution in [3.63, 3.8) is 0 Å². The zero-order chi connectivity index (χ0) is 13.4. The third-order valence-electron chi connectivity index (χ3n) is 2.60. The van der Waals surface area contributed by atoms with Crippen molar-refractivity contribution in [3.05, 3.63) is 22.4 Å². The van der Waals surface area contributed by atoms with E-state index in [9.17, 15) is 5.11 Å². The fourth-order valence-corrected chi connectivity index (χ4v) is 2.33. The van der Waals surface area contributed by atoms with Gasteiger partial charge in [0.2, 0.25) is 0 Å². The van der Waals surface area contributed by atoms with Gasteiger partial charge in [0.05, 0.1) is 25.4 Å². The molecule has 1 aromatic rings. The summed E-state index contributed by atoms with van der Waals surface area (Å²) < 4.78 is 10.4. The van der Waals surface area contributed by atoms with E-state index in [-0.39, 0.29) is 12.1 Å². The molecule has 3 unspecified atom stereocenters. The molecule has 3 atom stereocenters. The van der Waals surface area contributed by atoms with Gasteiger partial charge in [0.25, 0.3) is 0 Å². The molecular formula is C13H23NO3S. The summed E-state index contributed by atoms with van der Waals surface area (Å²) >= 11 is 1.72. The van der Waals surface area contributed by atoms with Gasteiger partial charge in [-0.3, -0.25) is 0 Å². The van der Waals surface area contributed by atoms with E-state index in [0.717, 1.165) is 0 Å². The predicted octanol–water partition coefficient (Wildman–Crippen LogP) is 1.81. The van der Waals surface area contributed by atoms with Gasteiger partial charge in [-0.05, 0) is 25.3 Å². The van der Waals surface area contributed by atoms with Crippen LogP contribution in [0, 0.1) is 0 Å². The molecule has 0 aromatic carbocycles. The van der Waals surface area contributed by atoms with Gasteiger partial charge in [0.15, 0.2) is 0 Å². The average Bonchev–Trinajstić information content (AvgIpc) is 2.87. The number of rotatable bonds is 9. The fourth-order valence-electron chi connectivity index (χ4n) is 1.57. The van der Waals surface area contributed by atoms with Crippen molar-refractivity contribution in [1.82, 2.24) is 5.32 Å². The standard InChI is InChI=1S/C13H23NO3S/c1-10(8-16-3)17-9-12(15)7-14-11(2)13-5-4-6-18-13/h4-6,10-12,14-15H,7-9H2,1-3H3. The van der Waals surface area contributed by atoms with Crippen LogP contribution in [0.3, 0.4) is 0 Å². The van der Waals surface area contributed by atoms with Crippen molar-refractivity contribution < 1.29 is 14.6 Å². The van der Waals surface area contributed by atoms with Crippen molar-refractivity contribution in [2.75, 3.05) is 26.9 Å². The normalized spacial score (nSPS) is 16.4. The summed E-state index contributed by atoms with van der Waals surface area (Å²) in [5.74, 6) is 0. The predicted molar refractivity (Wildman–Crippen MR) is 74.0 cm³/mol. The van der Waals surface area contributed by atoms with Gasteiger partial charge in [-0.25, -0.2) is 0 Å². The lowest BCUT2D eigenvalue weighted by molar-refractivity contribution is -0.0315. The monoisotopic (exact) mass is 273 g/mol. The van der Waals surface area contributed by atoms with Crippen LogP contribution in [-0.4, -0.2) is 44.2 Å². The summed E-state index contributed by atoms with van der Waals surface area (Å²) in [7, 11) is 1.64. The highest BCUT2D eigenvalue weighted by atomic mass is 32.1. The summed E-state index contributed by atoms with van der Waals surface area (Å²) in [6.07, 6.45) is -0.480. The number of methoxy groups -OCH3 is 1. The Morgan fingerprint density at radius 3 is 2.78 bits per heavy atom. The van der Waals surface area contributed by atoms with E-state index in [2.05, 4.69) is 23.7 Å². The van der Waals surface area contributed by atoms with Crippen LogP contribution in [0.25, 0.3) is 0 Å². The Kier molecular flexibility index (Phi) is 7.46.